The van der Waals surface area contributed by atoms with Crippen molar-refractivity contribution in [1.29, 1.82) is 0 Å². The number of hydrogen-bond acceptors (Lipinski definition) is 1. The molecule has 1 fully saturated rings. The highest BCUT2D eigenvalue weighted by atomic mass is 79.9. The van der Waals surface area contributed by atoms with Gasteiger partial charge in [0, 0.05) is 11.0 Å². The number of rotatable bonds is 4. The van der Waals surface area contributed by atoms with Crippen LogP contribution in [0.2, 0.25) is 0 Å². The molecule has 0 bridgehead atoms. The van der Waals surface area contributed by atoms with Gasteiger partial charge in [0.2, 0.25) is 0 Å². The van der Waals surface area contributed by atoms with Gasteiger partial charge in [-0.15, -0.1) is 0 Å². The van der Waals surface area contributed by atoms with E-state index in [0.29, 0.717) is 0 Å². The van der Waals surface area contributed by atoms with Gasteiger partial charge in [0.1, 0.15) is 0 Å². The molecule has 0 atom stereocenters. The Balaban J connectivity index is 1.69. The lowest BCUT2D eigenvalue weighted by Crippen LogP contribution is -2.22. The first-order valence-electron chi connectivity index (χ1n) is 6.80. The van der Waals surface area contributed by atoms with E-state index < -0.39 is 0 Å². The van der Waals surface area contributed by atoms with Gasteiger partial charge in [-0.05, 0) is 43.0 Å². The maximum absolute atomic E-state index is 3.60. The van der Waals surface area contributed by atoms with Crippen LogP contribution >= 0.6 is 15.9 Å². The van der Waals surface area contributed by atoms with Crippen molar-refractivity contribution in [3.63, 3.8) is 0 Å². The molecule has 2 rings (SSSR count). The van der Waals surface area contributed by atoms with E-state index in [0.717, 1.165) is 16.9 Å². The van der Waals surface area contributed by atoms with Crippen LogP contribution in [0.5, 0.6) is 0 Å². The molecule has 1 aromatic carbocycles. The van der Waals surface area contributed by atoms with Crippen molar-refractivity contribution < 1.29 is 0 Å². The molecule has 0 heterocycles. The maximum Gasteiger partial charge on any atom is 0.0205 e. The quantitative estimate of drug-likeness (QED) is 0.806. The van der Waals surface area contributed by atoms with Crippen molar-refractivity contribution in [2.45, 2.75) is 45.1 Å². The fourth-order valence-corrected chi connectivity index (χ4v) is 2.86. The zero-order valence-electron chi connectivity index (χ0n) is 10.4. The van der Waals surface area contributed by atoms with Crippen molar-refractivity contribution in [1.82, 2.24) is 5.32 Å². The molecule has 0 amide bonds. The van der Waals surface area contributed by atoms with Gasteiger partial charge >= 0.3 is 0 Å². The van der Waals surface area contributed by atoms with Crippen LogP contribution < -0.4 is 5.32 Å². The Kier molecular flexibility index (Phi) is 5.53. The second-order valence-electron chi connectivity index (χ2n) is 5.11. The third-order valence-corrected chi connectivity index (χ3v) is 4.18. The fourth-order valence-electron chi connectivity index (χ4n) is 2.59. The van der Waals surface area contributed by atoms with Gasteiger partial charge in [-0.25, -0.2) is 0 Å². The summed E-state index contributed by atoms with van der Waals surface area (Å²) in [4.78, 5) is 0. The predicted octanol–water partition coefficient (Wildman–Crippen LogP) is 4.51. The molecule has 1 saturated carbocycles. The third kappa shape index (κ3) is 4.81. The van der Waals surface area contributed by atoms with Gasteiger partial charge in [0.25, 0.3) is 0 Å². The van der Waals surface area contributed by atoms with Crippen LogP contribution in [-0.2, 0) is 6.54 Å². The Labute approximate surface area is 113 Å². The fraction of sp³-hybridized carbons (Fsp3) is 0.600. The van der Waals surface area contributed by atoms with Crippen LogP contribution in [0.25, 0.3) is 0 Å². The number of halogens is 1. The lowest BCUT2D eigenvalue weighted by atomic mass is 10.0. The zero-order chi connectivity index (χ0) is 11.9. The van der Waals surface area contributed by atoms with Crippen molar-refractivity contribution in [2.75, 3.05) is 6.54 Å². The molecule has 0 saturated heterocycles. The van der Waals surface area contributed by atoms with E-state index in [1.54, 1.807) is 0 Å². The third-order valence-electron chi connectivity index (χ3n) is 3.65. The van der Waals surface area contributed by atoms with Crippen LogP contribution in [0.1, 0.15) is 44.1 Å². The average Bonchev–Trinajstić information content (AvgIpc) is 2.60. The molecule has 17 heavy (non-hydrogen) atoms. The Morgan fingerprint density at radius 3 is 2.29 bits per heavy atom. The second kappa shape index (κ2) is 7.17. The van der Waals surface area contributed by atoms with E-state index >= 15 is 0 Å². The highest BCUT2D eigenvalue weighted by Crippen LogP contribution is 2.22. The first-order chi connectivity index (χ1) is 8.34. The summed E-state index contributed by atoms with van der Waals surface area (Å²) in [6.07, 6.45) is 8.61. The normalized spacial score (nSPS) is 17.9. The van der Waals surface area contributed by atoms with Crippen LogP contribution in [0.4, 0.5) is 0 Å². The van der Waals surface area contributed by atoms with Gasteiger partial charge in [-0.2, -0.15) is 0 Å². The molecule has 2 heteroatoms. The summed E-state index contributed by atoms with van der Waals surface area (Å²) in [5.41, 5.74) is 1.38. The van der Waals surface area contributed by atoms with Gasteiger partial charge in [-0.1, -0.05) is 53.7 Å². The van der Waals surface area contributed by atoms with Crippen LogP contribution in [0.3, 0.4) is 0 Å². The topological polar surface area (TPSA) is 12.0 Å². The van der Waals surface area contributed by atoms with E-state index in [9.17, 15) is 0 Å². The molecule has 0 spiro atoms. The van der Waals surface area contributed by atoms with Gasteiger partial charge < -0.3 is 5.32 Å². The zero-order valence-corrected chi connectivity index (χ0v) is 12.0. The van der Waals surface area contributed by atoms with Crippen LogP contribution in [0.15, 0.2) is 28.7 Å². The van der Waals surface area contributed by atoms with Crippen LogP contribution in [0, 0.1) is 5.92 Å². The standard InChI is InChI=1S/C15H22BrN/c16-15-9-7-14(8-10-15)12-17-11-13-5-3-1-2-4-6-13/h7-10,13,17H,1-6,11-12H2. The van der Waals surface area contributed by atoms with Gasteiger partial charge in [0.05, 0.1) is 0 Å². The minimum Gasteiger partial charge on any atom is -0.312 e. The average molecular weight is 296 g/mol. The lowest BCUT2D eigenvalue weighted by Gasteiger charge is -2.14. The summed E-state index contributed by atoms with van der Waals surface area (Å²) in [6, 6.07) is 8.60. The first kappa shape index (κ1) is 13.1. The van der Waals surface area contributed by atoms with Gasteiger partial charge in [0.15, 0.2) is 0 Å². The molecule has 0 aliphatic heterocycles. The smallest absolute Gasteiger partial charge is 0.0205 e. The minimum atomic E-state index is 0.910. The molecule has 1 nitrogen and oxygen atoms in total. The molecule has 94 valence electrons. The summed E-state index contributed by atoms with van der Waals surface area (Å²) < 4.78 is 1.16. The SMILES string of the molecule is Brc1ccc(CNCC2CCCCCC2)cc1. The van der Waals surface area contributed by atoms with E-state index in [4.69, 9.17) is 0 Å². The first-order valence-corrected chi connectivity index (χ1v) is 7.59. The molecule has 0 aromatic heterocycles. The summed E-state index contributed by atoms with van der Waals surface area (Å²) in [5.74, 6) is 0.910. The molecule has 1 aromatic rings. The number of hydrogen-bond donors (Lipinski definition) is 1. The molecular formula is C15H22BrN. The number of nitrogens with one attached hydrogen (secondary N) is 1. The highest BCUT2D eigenvalue weighted by molar-refractivity contribution is 9.10. The molecule has 0 unspecified atom stereocenters. The van der Waals surface area contributed by atoms with Crippen molar-refractivity contribution in [2.24, 2.45) is 5.92 Å². The molecule has 0 radical (unpaired) electrons. The second-order valence-corrected chi connectivity index (χ2v) is 6.03. The Hall–Kier alpha value is -0.340. The predicted molar refractivity (Wildman–Crippen MR) is 77.0 cm³/mol. The van der Waals surface area contributed by atoms with E-state index in [-0.39, 0.29) is 0 Å². The summed E-state index contributed by atoms with van der Waals surface area (Å²) in [7, 11) is 0. The van der Waals surface area contributed by atoms with Crippen molar-refractivity contribution in [3.05, 3.63) is 34.3 Å². The summed E-state index contributed by atoms with van der Waals surface area (Å²) >= 11 is 3.46. The van der Waals surface area contributed by atoms with E-state index in [1.807, 2.05) is 0 Å². The Morgan fingerprint density at radius 2 is 1.65 bits per heavy atom. The van der Waals surface area contributed by atoms with E-state index in [2.05, 4.69) is 45.5 Å². The maximum atomic E-state index is 3.60. The number of benzene rings is 1. The molecule has 1 aliphatic rings. The van der Waals surface area contributed by atoms with Crippen LogP contribution in [-0.4, -0.2) is 6.54 Å². The Morgan fingerprint density at radius 1 is 1.00 bits per heavy atom. The summed E-state index contributed by atoms with van der Waals surface area (Å²) in [6.45, 7) is 2.19. The van der Waals surface area contributed by atoms with E-state index in [1.165, 1.54) is 50.6 Å². The highest BCUT2D eigenvalue weighted by Gasteiger charge is 2.11. The molecule has 1 N–H and O–H groups in total. The molecular weight excluding hydrogens is 274 g/mol. The molecule has 1 aliphatic carbocycles. The minimum absolute atomic E-state index is 0.910. The van der Waals surface area contributed by atoms with Crippen molar-refractivity contribution >= 4 is 15.9 Å². The van der Waals surface area contributed by atoms with Gasteiger partial charge in [-0.3, -0.25) is 0 Å². The Bertz CT molecular complexity index is 312. The summed E-state index contributed by atoms with van der Waals surface area (Å²) in [5, 5.41) is 3.60. The van der Waals surface area contributed by atoms with Crippen molar-refractivity contribution in [3.8, 4) is 0 Å². The monoisotopic (exact) mass is 295 g/mol. The lowest BCUT2D eigenvalue weighted by molar-refractivity contribution is 0.425. The largest absolute Gasteiger partial charge is 0.312 e.